The molecule has 0 aromatic heterocycles. The third-order valence-corrected chi connectivity index (χ3v) is 5.64. The average molecular weight is 448 g/mol. The Morgan fingerprint density at radius 3 is 2.48 bits per heavy atom. The van der Waals surface area contributed by atoms with Crippen molar-refractivity contribution in [1.29, 1.82) is 0 Å². The molecule has 3 aromatic carbocycles. The summed E-state index contributed by atoms with van der Waals surface area (Å²) < 4.78 is 19.5. The summed E-state index contributed by atoms with van der Waals surface area (Å²) in [5.41, 5.74) is 2.46. The Balaban J connectivity index is 1.43. The minimum absolute atomic E-state index is 0.0459. The Morgan fingerprint density at radius 1 is 1.06 bits per heavy atom. The first-order valence-corrected chi connectivity index (χ1v) is 10.7. The zero-order valence-corrected chi connectivity index (χ0v) is 18.0. The highest BCUT2D eigenvalue weighted by atomic mass is 19.1. The zero-order valence-electron chi connectivity index (χ0n) is 18.0. The molecule has 0 bridgehead atoms. The van der Waals surface area contributed by atoms with Crippen molar-refractivity contribution in [3.8, 4) is 0 Å². The van der Waals surface area contributed by atoms with Crippen molar-refractivity contribution in [2.24, 2.45) is 0 Å². The number of aliphatic hydroxyl groups is 1. The first kappa shape index (κ1) is 22.6. The fourth-order valence-corrected chi connectivity index (χ4v) is 3.87. The van der Waals surface area contributed by atoms with Crippen molar-refractivity contribution < 1.29 is 23.8 Å². The van der Waals surface area contributed by atoms with Gasteiger partial charge in [0, 0.05) is 17.8 Å². The molecule has 0 unspecified atom stereocenters. The predicted molar refractivity (Wildman–Crippen MR) is 122 cm³/mol. The second-order valence-electron chi connectivity index (χ2n) is 7.97. The maximum Gasteiger partial charge on any atom is 0.249 e. The lowest BCUT2D eigenvalue weighted by molar-refractivity contribution is -0.155. The standard InChI is InChI=1S/C26H25FN2O4/c27-22-9-5-4-8-20(22)15-29-23(16-33-17-25(29)31)26(32)19-10-12-21(13-11-19)28-24(30)14-18-6-2-1-3-7-18/h1-13,23,26,32H,14-17H2,(H,28,30)/t23-,26-/m1/s1. The van der Waals surface area contributed by atoms with Gasteiger partial charge >= 0.3 is 0 Å². The Bertz CT molecular complexity index is 1100. The Morgan fingerprint density at radius 2 is 1.76 bits per heavy atom. The van der Waals surface area contributed by atoms with E-state index in [1.807, 2.05) is 30.3 Å². The van der Waals surface area contributed by atoms with Gasteiger partial charge in [-0.25, -0.2) is 4.39 Å². The number of carbonyl (C=O) groups is 2. The van der Waals surface area contributed by atoms with Crippen LogP contribution in [0.1, 0.15) is 22.8 Å². The molecule has 7 heteroatoms. The van der Waals surface area contributed by atoms with Gasteiger partial charge in [0.2, 0.25) is 11.8 Å². The van der Waals surface area contributed by atoms with Crippen LogP contribution in [0.15, 0.2) is 78.9 Å². The van der Waals surface area contributed by atoms with Crippen molar-refractivity contribution in [3.63, 3.8) is 0 Å². The second kappa shape index (κ2) is 10.4. The van der Waals surface area contributed by atoms with E-state index in [4.69, 9.17) is 4.74 Å². The van der Waals surface area contributed by atoms with Gasteiger partial charge in [0.1, 0.15) is 18.5 Å². The van der Waals surface area contributed by atoms with Gasteiger partial charge < -0.3 is 20.1 Å². The third kappa shape index (κ3) is 5.63. The molecule has 6 nitrogen and oxygen atoms in total. The molecule has 170 valence electrons. The quantitative estimate of drug-likeness (QED) is 0.580. The zero-order chi connectivity index (χ0) is 23.2. The van der Waals surface area contributed by atoms with E-state index in [0.717, 1.165) is 5.56 Å². The number of nitrogens with zero attached hydrogens (tertiary/aromatic N) is 1. The van der Waals surface area contributed by atoms with Crippen molar-refractivity contribution >= 4 is 17.5 Å². The number of morpholine rings is 1. The highest BCUT2D eigenvalue weighted by molar-refractivity contribution is 5.92. The summed E-state index contributed by atoms with van der Waals surface area (Å²) >= 11 is 0. The number of benzene rings is 3. The third-order valence-electron chi connectivity index (χ3n) is 5.64. The highest BCUT2D eigenvalue weighted by Gasteiger charge is 2.35. The maximum absolute atomic E-state index is 14.1. The van der Waals surface area contributed by atoms with Gasteiger partial charge in [0.15, 0.2) is 0 Å². The molecule has 1 saturated heterocycles. The smallest absolute Gasteiger partial charge is 0.249 e. The monoisotopic (exact) mass is 448 g/mol. The molecule has 0 saturated carbocycles. The number of carbonyl (C=O) groups excluding carboxylic acids is 2. The Hall–Kier alpha value is -3.55. The van der Waals surface area contributed by atoms with Crippen molar-refractivity contribution in [2.45, 2.75) is 25.1 Å². The first-order chi connectivity index (χ1) is 16.0. The highest BCUT2D eigenvalue weighted by Crippen LogP contribution is 2.27. The molecule has 1 heterocycles. The molecule has 1 aliphatic rings. The van der Waals surface area contributed by atoms with Crippen LogP contribution < -0.4 is 5.32 Å². The second-order valence-corrected chi connectivity index (χ2v) is 7.97. The molecule has 4 rings (SSSR count). The average Bonchev–Trinajstić information content (AvgIpc) is 2.82. The van der Waals surface area contributed by atoms with Crippen LogP contribution in [-0.4, -0.2) is 41.1 Å². The molecule has 0 radical (unpaired) electrons. The predicted octanol–water partition coefficient (Wildman–Crippen LogP) is 3.47. The van der Waals surface area contributed by atoms with E-state index in [2.05, 4.69) is 5.32 Å². The van der Waals surface area contributed by atoms with Gasteiger partial charge in [-0.1, -0.05) is 60.7 Å². The van der Waals surface area contributed by atoms with Crippen molar-refractivity contribution in [3.05, 3.63) is 101 Å². The lowest BCUT2D eigenvalue weighted by Gasteiger charge is -2.38. The number of ether oxygens (including phenoxy) is 1. The number of nitrogens with one attached hydrogen (secondary N) is 1. The van der Waals surface area contributed by atoms with Crippen molar-refractivity contribution in [1.82, 2.24) is 4.90 Å². The van der Waals surface area contributed by atoms with Crippen LogP contribution in [0.25, 0.3) is 0 Å². The van der Waals surface area contributed by atoms with Gasteiger partial charge in [-0.2, -0.15) is 0 Å². The summed E-state index contributed by atoms with van der Waals surface area (Å²) in [6, 6.07) is 21.8. The molecule has 1 aliphatic heterocycles. The van der Waals surface area contributed by atoms with E-state index < -0.39 is 18.0 Å². The number of rotatable bonds is 7. The SMILES string of the molecule is O=C(Cc1ccccc1)Nc1ccc([C@@H](O)[C@H]2COCC(=O)N2Cc2ccccc2F)cc1. The van der Waals surface area contributed by atoms with Gasteiger partial charge in [0.05, 0.1) is 19.1 Å². The molecular formula is C26H25FN2O4. The van der Waals surface area contributed by atoms with E-state index in [0.29, 0.717) is 16.8 Å². The molecule has 1 fully saturated rings. The van der Waals surface area contributed by atoms with Gasteiger partial charge in [-0.3, -0.25) is 9.59 Å². The molecule has 3 aromatic rings. The number of anilines is 1. The van der Waals surface area contributed by atoms with Gasteiger partial charge in [-0.15, -0.1) is 0 Å². The summed E-state index contributed by atoms with van der Waals surface area (Å²) in [6.07, 6.45) is -0.771. The first-order valence-electron chi connectivity index (χ1n) is 10.7. The summed E-state index contributed by atoms with van der Waals surface area (Å²) in [5.74, 6) is -0.851. The van der Waals surface area contributed by atoms with Crippen LogP contribution in [0.2, 0.25) is 0 Å². The van der Waals surface area contributed by atoms with E-state index in [1.165, 1.54) is 11.0 Å². The fraction of sp³-hybridized carbons (Fsp3) is 0.231. The summed E-state index contributed by atoms with van der Waals surface area (Å²) in [7, 11) is 0. The molecular weight excluding hydrogens is 423 g/mol. The maximum atomic E-state index is 14.1. The van der Waals surface area contributed by atoms with Crippen LogP contribution in [0.3, 0.4) is 0 Å². The summed E-state index contributed by atoms with van der Waals surface area (Å²) in [6.45, 7) is 0.0746. The van der Waals surface area contributed by atoms with Crippen LogP contribution in [-0.2, 0) is 27.3 Å². The minimum atomic E-state index is -1.03. The number of hydrogen-bond donors (Lipinski definition) is 2. The van der Waals surface area contributed by atoms with Gasteiger partial charge in [0.25, 0.3) is 0 Å². The number of aliphatic hydroxyl groups excluding tert-OH is 1. The Labute approximate surface area is 191 Å². The van der Waals surface area contributed by atoms with Gasteiger partial charge in [-0.05, 0) is 29.3 Å². The van der Waals surface area contributed by atoms with E-state index in [9.17, 15) is 19.1 Å². The molecule has 0 aliphatic carbocycles. The minimum Gasteiger partial charge on any atom is -0.386 e. The fourth-order valence-electron chi connectivity index (χ4n) is 3.87. The van der Waals surface area contributed by atoms with Crippen LogP contribution in [0.4, 0.5) is 10.1 Å². The molecule has 0 spiro atoms. The summed E-state index contributed by atoms with van der Waals surface area (Å²) in [5, 5.41) is 13.8. The molecule has 2 amide bonds. The molecule has 33 heavy (non-hydrogen) atoms. The normalized spacial score (nSPS) is 17.0. The van der Waals surface area contributed by atoms with Crippen LogP contribution in [0.5, 0.6) is 0 Å². The molecule has 2 N–H and O–H groups in total. The number of amides is 2. The Kier molecular flexibility index (Phi) is 7.12. The lowest BCUT2D eigenvalue weighted by atomic mass is 9.99. The van der Waals surface area contributed by atoms with Crippen LogP contribution >= 0.6 is 0 Å². The van der Waals surface area contributed by atoms with Crippen molar-refractivity contribution in [2.75, 3.05) is 18.5 Å². The van der Waals surface area contributed by atoms with Crippen LogP contribution in [0, 0.1) is 5.82 Å². The van der Waals surface area contributed by atoms with E-state index in [-0.39, 0.29) is 38.0 Å². The van der Waals surface area contributed by atoms with E-state index in [1.54, 1.807) is 42.5 Å². The largest absolute Gasteiger partial charge is 0.386 e. The molecule has 2 atom stereocenters. The number of hydrogen-bond acceptors (Lipinski definition) is 4. The number of halogens is 1. The van der Waals surface area contributed by atoms with E-state index >= 15 is 0 Å². The lowest BCUT2D eigenvalue weighted by Crippen LogP contribution is -2.51. The summed E-state index contributed by atoms with van der Waals surface area (Å²) in [4.78, 5) is 26.2. The topological polar surface area (TPSA) is 78.9 Å².